The third-order valence-corrected chi connectivity index (χ3v) is 8.02. The number of hydrogen-bond acceptors (Lipinski definition) is 4. The number of likely N-dealkylation sites (N-methyl/N-ethyl adjacent to an activating group) is 3. The summed E-state index contributed by atoms with van der Waals surface area (Å²) in [7, 11) is 3.54. The molecule has 36 heavy (non-hydrogen) atoms. The SMILES string of the molecule is CCNC(=O)[C@@H](CC(C)C)N(C)C(=O)[C@H](NC(=O)[C@H](NC)C1CCc2ccccc21)C1CCCCC1. The Balaban J connectivity index is 1.83. The molecule has 2 aliphatic carbocycles. The number of nitrogens with zero attached hydrogens (tertiary/aromatic N) is 1. The Kier molecular flexibility index (Phi) is 10.3. The Morgan fingerprint density at radius 3 is 2.33 bits per heavy atom. The summed E-state index contributed by atoms with van der Waals surface area (Å²) in [6.07, 6.45) is 7.56. The van der Waals surface area contributed by atoms with Crippen molar-refractivity contribution in [3.63, 3.8) is 0 Å². The van der Waals surface area contributed by atoms with Crippen LogP contribution in [0, 0.1) is 11.8 Å². The molecular weight excluding hydrogens is 452 g/mol. The van der Waals surface area contributed by atoms with Crippen molar-refractivity contribution >= 4 is 17.7 Å². The quantitative estimate of drug-likeness (QED) is 0.436. The van der Waals surface area contributed by atoms with Gasteiger partial charge in [-0.05, 0) is 69.0 Å². The van der Waals surface area contributed by atoms with Gasteiger partial charge < -0.3 is 20.9 Å². The fourth-order valence-corrected chi connectivity index (χ4v) is 6.10. The van der Waals surface area contributed by atoms with Gasteiger partial charge in [0.25, 0.3) is 0 Å². The van der Waals surface area contributed by atoms with Crippen molar-refractivity contribution < 1.29 is 14.4 Å². The Labute approximate surface area is 217 Å². The summed E-state index contributed by atoms with van der Waals surface area (Å²) in [5.74, 6) is -0.00286. The van der Waals surface area contributed by atoms with Crippen LogP contribution in [0.25, 0.3) is 0 Å². The van der Waals surface area contributed by atoms with E-state index in [9.17, 15) is 14.4 Å². The molecule has 1 fully saturated rings. The molecule has 0 bridgehead atoms. The number of hydrogen-bond donors (Lipinski definition) is 3. The van der Waals surface area contributed by atoms with Gasteiger partial charge in [0.2, 0.25) is 17.7 Å². The molecule has 7 heteroatoms. The first-order valence-corrected chi connectivity index (χ1v) is 13.9. The van der Waals surface area contributed by atoms with E-state index in [4.69, 9.17) is 0 Å². The second-order valence-electron chi connectivity index (χ2n) is 11.0. The van der Waals surface area contributed by atoms with Crippen molar-refractivity contribution in [2.75, 3.05) is 20.6 Å². The number of amides is 3. The van der Waals surface area contributed by atoms with Crippen molar-refractivity contribution in [2.24, 2.45) is 11.8 Å². The van der Waals surface area contributed by atoms with Crippen molar-refractivity contribution in [3.05, 3.63) is 35.4 Å². The van der Waals surface area contributed by atoms with Gasteiger partial charge in [-0.3, -0.25) is 14.4 Å². The van der Waals surface area contributed by atoms with E-state index in [1.807, 2.05) is 26.1 Å². The predicted molar refractivity (Wildman–Crippen MR) is 144 cm³/mol. The van der Waals surface area contributed by atoms with E-state index in [2.05, 4.69) is 41.9 Å². The summed E-state index contributed by atoms with van der Waals surface area (Å²) in [6, 6.07) is 6.74. The van der Waals surface area contributed by atoms with Gasteiger partial charge in [0, 0.05) is 19.5 Å². The maximum atomic E-state index is 14.0. The molecule has 2 aliphatic rings. The van der Waals surface area contributed by atoms with Crippen molar-refractivity contribution in [1.82, 2.24) is 20.9 Å². The van der Waals surface area contributed by atoms with E-state index >= 15 is 0 Å². The minimum absolute atomic E-state index is 0.0788. The summed E-state index contributed by atoms with van der Waals surface area (Å²) in [4.78, 5) is 42.1. The summed E-state index contributed by atoms with van der Waals surface area (Å²) < 4.78 is 0. The van der Waals surface area contributed by atoms with E-state index in [1.165, 1.54) is 11.1 Å². The van der Waals surface area contributed by atoms with Gasteiger partial charge in [-0.2, -0.15) is 0 Å². The molecule has 1 unspecified atom stereocenters. The minimum Gasteiger partial charge on any atom is -0.355 e. The van der Waals surface area contributed by atoms with Crippen LogP contribution in [-0.4, -0.2) is 61.4 Å². The summed E-state index contributed by atoms with van der Waals surface area (Å²) in [5.41, 5.74) is 2.52. The lowest BCUT2D eigenvalue weighted by Gasteiger charge is -2.37. The van der Waals surface area contributed by atoms with Crippen LogP contribution < -0.4 is 16.0 Å². The molecular formula is C29H46N4O3. The van der Waals surface area contributed by atoms with Gasteiger partial charge in [0.15, 0.2) is 0 Å². The molecule has 1 saturated carbocycles. The lowest BCUT2D eigenvalue weighted by atomic mass is 9.82. The number of carbonyl (C=O) groups excluding carboxylic acids is 3. The number of aryl methyl sites for hydroxylation is 1. The average Bonchev–Trinajstić information content (AvgIpc) is 3.30. The molecule has 200 valence electrons. The first kappa shape index (κ1) is 28.2. The van der Waals surface area contributed by atoms with E-state index < -0.39 is 18.1 Å². The first-order valence-electron chi connectivity index (χ1n) is 13.9. The fraction of sp³-hybridized carbons (Fsp3) is 0.690. The number of nitrogens with one attached hydrogen (secondary N) is 3. The van der Waals surface area contributed by atoms with Gasteiger partial charge >= 0.3 is 0 Å². The van der Waals surface area contributed by atoms with E-state index in [0.717, 1.165) is 44.9 Å². The average molecular weight is 499 g/mol. The zero-order valence-corrected chi connectivity index (χ0v) is 22.8. The maximum absolute atomic E-state index is 14.0. The highest BCUT2D eigenvalue weighted by Crippen LogP contribution is 2.36. The molecule has 0 heterocycles. The van der Waals surface area contributed by atoms with Crippen LogP contribution >= 0.6 is 0 Å². The molecule has 3 N–H and O–H groups in total. The Morgan fingerprint density at radius 1 is 1.00 bits per heavy atom. The molecule has 1 aromatic rings. The number of benzene rings is 1. The van der Waals surface area contributed by atoms with Gasteiger partial charge in [-0.1, -0.05) is 57.4 Å². The van der Waals surface area contributed by atoms with Crippen LogP contribution in [0.4, 0.5) is 0 Å². The van der Waals surface area contributed by atoms with E-state index in [0.29, 0.717) is 13.0 Å². The number of carbonyl (C=O) groups is 3. The molecule has 7 nitrogen and oxygen atoms in total. The topological polar surface area (TPSA) is 90.5 Å². The normalized spacial score (nSPS) is 20.3. The largest absolute Gasteiger partial charge is 0.355 e. The predicted octanol–water partition coefficient (Wildman–Crippen LogP) is 3.38. The van der Waals surface area contributed by atoms with Crippen molar-refractivity contribution in [1.29, 1.82) is 0 Å². The monoisotopic (exact) mass is 498 g/mol. The van der Waals surface area contributed by atoms with Crippen LogP contribution in [-0.2, 0) is 20.8 Å². The molecule has 0 spiro atoms. The summed E-state index contributed by atoms with van der Waals surface area (Å²) in [6.45, 7) is 6.52. The third kappa shape index (κ3) is 6.67. The first-order chi connectivity index (χ1) is 17.3. The van der Waals surface area contributed by atoms with Crippen molar-refractivity contribution in [3.8, 4) is 0 Å². The zero-order valence-electron chi connectivity index (χ0n) is 22.8. The summed E-state index contributed by atoms with van der Waals surface area (Å²) >= 11 is 0. The number of fused-ring (bicyclic) bond motifs is 1. The highest BCUT2D eigenvalue weighted by atomic mass is 16.2. The van der Waals surface area contributed by atoms with Gasteiger partial charge in [0.1, 0.15) is 12.1 Å². The molecule has 0 aliphatic heterocycles. The standard InChI is InChI=1S/C29H46N4O3/c1-6-31-27(34)24(18-19(2)3)33(5)29(36)25(21-13-8-7-9-14-21)32-28(35)26(30-4)23-17-16-20-12-10-11-15-22(20)23/h10-12,15,19,21,23-26,30H,6-9,13-14,16-18H2,1-5H3,(H,31,34)(H,32,35)/t23?,24-,25-,26-/m1/s1. The summed E-state index contributed by atoms with van der Waals surface area (Å²) in [5, 5.41) is 9.31. The van der Waals surface area contributed by atoms with Gasteiger partial charge in [-0.15, -0.1) is 0 Å². The lowest BCUT2D eigenvalue weighted by Crippen LogP contribution is -2.59. The van der Waals surface area contributed by atoms with E-state index in [-0.39, 0.29) is 35.5 Å². The second kappa shape index (κ2) is 13.2. The van der Waals surface area contributed by atoms with Crippen LogP contribution in [0.2, 0.25) is 0 Å². The smallest absolute Gasteiger partial charge is 0.245 e. The lowest BCUT2D eigenvalue weighted by molar-refractivity contribution is -0.144. The minimum atomic E-state index is -0.626. The van der Waals surface area contributed by atoms with Crippen molar-refractivity contribution in [2.45, 2.75) is 96.2 Å². The van der Waals surface area contributed by atoms with E-state index in [1.54, 1.807) is 11.9 Å². The highest BCUT2D eigenvalue weighted by molar-refractivity contribution is 5.93. The van der Waals surface area contributed by atoms with Crippen LogP contribution in [0.5, 0.6) is 0 Å². The Morgan fingerprint density at radius 2 is 1.69 bits per heavy atom. The number of rotatable bonds is 11. The molecule has 3 amide bonds. The highest BCUT2D eigenvalue weighted by Gasteiger charge is 2.40. The fourth-order valence-electron chi connectivity index (χ4n) is 6.10. The van der Waals surface area contributed by atoms with Gasteiger partial charge in [0.05, 0.1) is 6.04 Å². The van der Waals surface area contributed by atoms with Crippen LogP contribution in [0.15, 0.2) is 24.3 Å². The second-order valence-corrected chi connectivity index (χ2v) is 11.0. The molecule has 0 saturated heterocycles. The molecule has 0 aromatic heterocycles. The van der Waals surface area contributed by atoms with Crippen LogP contribution in [0.3, 0.4) is 0 Å². The third-order valence-electron chi connectivity index (χ3n) is 8.02. The van der Waals surface area contributed by atoms with Crippen LogP contribution in [0.1, 0.15) is 82.8 Å². The zero-order chi connectivity index (χ0) is 26.2. The molecule has 3 rings (SSSR count). The molecule has 4 atom stereocenters. The molecule has 1 aromatic carbocycles. The maximum Gasteiger partial charge on any atom is 0.245 e. The Hall–Kier alpha value is -2.41. The Bertz CT molecular complexity index is 896. The molecule has 0 radical (unpaired) electrons. The van der Waals surface area contributed by atoms with Gasteiger partial charge in [-0.25, -0.2) is 0 Å².